The van der Waals surface area contributed by atoms with Crippen LogP contribution in [0.2, 0.25) is 0 Å². The summed E-state index contributed by atoms with van der Waals surface area (Å²) in [7, 11) is -0.633. The van der Waals surface area contributed by atoms with Gasteiger partial charge in [-0.1, -0.05) is 18.2 Å². The molecule has 2 aliphatic heterocycles. The molecule has 0 unspecified atom stereocenters. The number of morpholine rings is 1. The fraction of sp³-hybridized carbons (Fsp3) is 0.650. The van der Waals surface area contributed by atoms with E-state index in [-0.39, 0.29) is 11.5 Å². The Morgan fingerprint density at radius 3 is 2.48 bits per heavy atom. The average Bonchev–Trinajstić information content (AvgIpc) is 2.65. The molecule has 1 saturated carbocycles. The number of methoxy groups -OCH3 is 1. The Bertz CT molecular complexity index is 793. The molecular weight excluding hydrogens is 364 g/mol. The molecule has 0 atom stereocenters. The van der Waals surface area contributed by atoms with Crippen LogP contribution < -0.4 is 0 Å². The molecule has 3 fully saturated rings. The van der Waals surface area contributed by atoms with Crippen molar-refractivity contribution in [3.8, 4) is 0 Å². The SMILES string of the molecule is COC1(C(=O)N2CCOC3(CCS(=O)(=Nc4ccccc4)CC3)C2)CCC1. The van der Waals surface area contributed by atoms with Gasteiger partial charge in [-0.15, -0.1) is 0 Å². The van der Waals surface area contributed by atoms with Crippen LogP contribution in [-0.4, -0.2) is 64.5 Å². The van der Waals surface area contributed by atoms with Crippen molar-refractivity contribution in [1.82, 2.24) is 4.90 Å². The Labute approximate surface area is 161 Å². The van der Waals surface area contributed by atoms with Crippen LogP contribution >= 0.6 is 0 Å². The summed E-state index contributed by atoms with van der Waals surface area (Å²) in [6.07, 6.45) is 3.99. The van der Waals surface area contributed by atoms with Gasteiger partial charge >= 0.3 is 0 Å². The van der Waals surface area contributed by atoms with E-state index in [9.17, 15) is 9.00 Å². The van der Waals surface area contributed by atoms with Gasteiger partial charge < -0.3 is 14.4 Å². The number of ether oxygens (including phenoxy) is 2. The molecule has 7 heteroatoms. The summed E-state index contributed by atoms with van der Waals surface area (Å²) >= 11 is 0. The van der Waals surface area contributed by atoms with Crippen molar-refractivity contribution in [2.75, 3.05) is 38.3 Å². The molecule has 4 rings (SSSR count). The lowest BCUT2D eigenvalue weighted by Gasteiger charge is -2.49. The maximum absolute atomic E-state index is 13.2. The molecule has 2 saturated heterocycles. The van der Waals surface area contributed by atoms with E-state index in [1.807, 2.05) is 35.2 Å². The molecule has 0 N–H and O–H groups in total. The fourth-order valence-corrected chi connectivity index (χ4v) is 6.58. The summed E-state index contributed by atoms with van der Waals surface area (Å²) in [5.74, 6) is 1.12. The van der Waals surface area contributed by atoms with Crippen molar-refractivity contribution in [1.29, 1.82) is 0 Å². The van der Waals surface area contributed by atoms with E-state index in [2.05, 4.69) is 4.36 Å². The lowest BCUT2D eigenvalue weighted by atomic mass is 9.78. The van der Waals surface area contributed by atoms with E-state index in [0.717, 1.165) is 24.9 Å². The van der Waals surface area contributed by atoms with E-state index in [1.165, 1.54) is 0 Å². The number of nitrogens with zero attached hydrogens (tertiary/aromatic N) is 2. The van der Waals surface area contributed by atoms with Crippen LogP contribution in [0.25, 0.3) is 0 Å². The molecule has 2 heterocycles. The second-order valence-electron chi connectivity index (χ2n) is 7.92. The molecule has 27 heavy (non-hydrogen) atoms. The van der Waals surface area contributed by atoms with E-state index in [4.69, 9.17) is 9.47 Å². The zero-order valence-electron chi connectivity index (χ0n) is 15.9. The van der Waals surface area contributed by atoms with Crippen molar-refractivity contribution in [3.05, 3.63) is 30.3 Å². The summed E-state index contributed by atoms with van der Waals surface area (Å²) in [5.41, 5.74) is -0.241. The Hall–Kier alpha value is -1.44. The van der Waals surface area contributed by atoms with E-state index in [0.29, 0.717) is 44.0 Å². The molecule has 0 aromatic heterocycles. The molecule has 3 aliphatic rings. The van der Waals surface area contributed by atoms with Gasteiger partial charge in [-0.05, 0) is 44.2 Å². The molecule has 0 bridgehead atoms. The van der Waals surface area contributed by atoms with Crippen LogP contribution in [0, 0.1) is 0 Å². The van der Waals surface area contributed by atoms with E-state index < -0.39 is 15.3 Å². The second kappa shape index (κ2) is 7.18. The van der Waals surface area contributed by atoms with Crippen molar-refractivity contribution < 1.29 is 18.5 Å². The summed E-state index contributed by atoms with van der Waals surface area (Å²) in [6, 6.07) is 9.52. The second-order valence-corrected chi connectivity index (χ2v) is 10.5. The first-order chi connectivity index (χ1) is 13.0. The molecule has 148 valence electrons. The lowest BCUT2D eigenvalue weighted by molar-refractivity contribution is -0.181. The lowest BCUT2D eigenvalue weighted by Crippen LogP contribution is -2.62. The Kier molecular flexibility index (Phi) is 5.03. The molecular formula is C20H28N2O4S. The topological polar surface area (TPSA) is 68.2 Å². The van der Waals surface area contributed by atoms with E-state index in [1.54, 1.807) is 7.11 Å². The van der Waals surface area contributed by atoms with Crippen molar-refractivity contribution in [2.24, 2.45) is 4.36 Å². The van der Waals surface area contributed by atoms with Crippen molar-refractivity contribution >= 4 is 21.3 Å². The summed E-state index contributed by atoms with van der Waals surface area (Å²) < 4.78 is 29.4. The minimum absolute atomic E-state index is 0.0965. The van der Waals surface area contributed by atoms with Crippen LogP contribution in [0.5, 0.6) is 0 Å². The van der Waals surface area contributed by atoms with Crippen LogP contribution in [0.3, 0.4) is 0 Å². The molecule has 1 aliphatic carbocycles. The average molecular weight is 393 g/mol. The summed E-state index contributed by atoms with van der Waals surface area (Å²) in [4.78, 5) is 14.9. The minimum atomic E-state index is -2.27. The minimum Gasteiger partial charge on any atom is -0.371 e. The first kappa shape index (κ1) is 18.9. The zero-order valence-corrected chi connectivity index (χ0v) is 16.7. The van der Waals surface area contributed by atoms with Gasteiger partial charge in [0, 0.05) is 31.7 Å². The Balaban J connectivity index is 1.45. The highest BCUT2D eigenvalue weighted by atomic mass is 32.2. The van der Waals surface area contributed by atoms with Gasteiger partial charge in [0.1, 0.15) is 5.60 Å². The van der Waals surface area contributed by atoms with Crippen LogP contribution in [0.4, 0.5) is 5.69 Å². The van der Waals surface area contributed by atoms with E-state index >= 15 is 0 Å². The molecule has 1 aromatic rings. The first-order valence-electron chi connectivity index (χ1n) is 9.74. The van der Waals surface area contributed by atoms with Crippen molar-refractivity contribution in [2.45, 2.75) is 43.3 Å². The number of benzene rings is 1. The van der Waals surface area contributed by atoms with Gasteiger partial charge in [-0.3, -0.25) is 4.79 Å². The first-order valence-corrected chi connectivity index (χ1v) is 11.6. The van der Waals surface area contributed by atoms with Gasteiger partial charge in [0.2, 0.25) is 0 Å². The number of hydrogen-bond donors (Lipinski definition) is 0. The van der Waals surface area contributed by atoms with Gasteiger partial charge in [-0.2, -0.15) is 4.36 Å². The Morgan fingerprint density at radius 1 is 1.19 bits per heavy atom. The maximum Gasteiger partial charge on any atom is 0.254 e. The fourth-order valence-electron chi connectivity index (χ4n) is 4.30. The monoisotopic (exact) mass is 392 g/mol. The molecule has 1 spiro atoms. The van der Waals surface area contributed by atoms with Gasteiger partial charge in [0.05, 0.1) is 27.6 Å². The normalized spacial score (nSPS) is 32.7. The highest BCUT2D eigenvalue weighted by molar-refractivity contribution is 7.93. The predicted octanol–water partition coefficient (Wildman–Crippen LogP) is 2.75. The molecule has 1 amide bonds. The molecule has 0 radical (unpaired) electrons. The number of rotatable bonds is 3. The molecule has 6 nitrogen and oxygen atoms in total. The predicted molar refractivity (Wildman–Crippen MR) is 104 cm³/mol. The highest BCUT2D eigenvalue weighted by Gasteiger charge is 2.50. The third-order valence-electron chi connectivity index (χ3n) is 6.26. The van der Waals surface area contributed by atoms with Crippen molar-refractivity contribution in [3.63, 3.8) is 0 Å². The Morgan fingerprint density at radius 2 is 1.89 bits per heavy atom. The third kappa shape index (κ3) is 3.65. The van der Waals surface area contributed by atoms with Gasteiger partial charge in [0.25, 0.3) is 5.91 Å². The van der Waals surface area contributed by atoms with Crippen LogP contribution in [0.1, 0.15) is 32.1 Å². The standard InChI is InChI=1S/C20H28N2O4S/c1-25-20(8-5-9-20)18(23)22-12-13-26-19(16-22)10-14-27(24,15-11-19)21-17-6-3-2-4-7-17/h2-4,6-7H,5,8-16H2,1H3. The number of carbonyl (C=O) groups is 1. The summed E-state index contributed by atoms with van der Waals surface area (Å²) in [6.45, 7) is 1.70. The highest BCUT2D eigenvalue weighted by Crippen LogP contribution is 2.39. The molecule has 1 aromatic carbocycles. The quantitative estimate of drug-likeness (QED) is 0.793. The number of carbonyl (C=O) groups excluding carboxylic acids is 1. The number of hydrogen-bond acceptors (Lipinski definition) is 5. The maximum atomic E-state index is 13.2. The number of amides is 1. The van der Waals surface area contributed by atoms with Crippen LogP contribution in [0.15, 0.2) is 34.7 Å². The zero-order chi connectivity index (χ0) is 19.0. The summed E-state index contributed by atoms with van der Waals surface area (Å²) in [5, 5.41) is 0. The largest absolute Gasteiger partial charge is 0.371 e. The van der Waals surface area contributed by atoms with Gasteiger partial charge in [0.15, 0.2) is 0 Å². The smallest absolute Gasteiger partial charge is 0.254 e. The van der Waals surface area contributed by atoms with Gasteiger partial charge in [-0.25, -0.2) is 4.21 Å². The van der Waals surface area contributed by atoms with Crippen LogP contribution in [-0.2, 0) is 24.0 Å². The third-order valence-corrected chi connectivity index (χ3v) is 8.49.